The smallest absolute Gasteiger partial charge is 0.142 e. The molecule has 3 atom stereocenters. The molecule has 0 aromatic heterocycles. The van der Waals surface area contributed by atoms with E-state index in [1.54, 1.807) is 0 Å². The first-order chi connectivity index (χ1) is 6.46. The maximum absolute atomic E-state index is 11.9. The molecule has 2 N–H and O–H groups in total. The molecule has 3 heteroatoms. The third kappa shape index (κ3) is 0.873. The highest BCUT2D eigenvalue weighted by Crippen LogP contribution is 2.65. The van der Waals surface area contributed by atoms with Crippen molar-refractivity contribution in [2.24, 2.45) is 16.7 Å². The number of carbonyl (C=O) groups excluding carboxylic acids is 1. The van der Waals surface area contributed by atoms with Crippen molar-refractivity contribution in [3.63, 3.8) is 0 Å². The Hall–Kier alpha value is -0.410. The Bertz CT molecular complexity index is 272. The van der Waals surface area contributed by atoms with Crippen LogP contribution in [-0.4, -0.2) is 28.7 Å². The van der Waals surface area contributed by atoms with Crippen LogP contribution in [0.5, 0.6) is 0 Å². The standard InChI is InChI=1S/C11H18O3/c1-10(2)7-3-4-11(10,8(13)5-7)9(14)6-12/h7,9,12,14H,3-6H2,1-2H3/t7-,9?,11+/m1/s1. The van der Waals surface area contributed by atoms with Gasteiger partial charge in [0, 0.05) is 6.42 Å². The predicted molar refractivity (Wildman–Crippen MR) is 51.7 cm³/mol. The Morgan fingerprint density at radius 1 is 1.57 bits per heavy atom. The van der Waals surface area contributed by atoms with Crippen molar-refractivity contribution < 1.29 is 15.0 Å². The first-order valence-corrected chi connectivity index (χ1v) is 5.29. The second-order valence-electron chi connectivity index (χ2n) is 5.25. The highest BCUT2D eigenvalue weighted by molar-refractivity contribution is 5.90. The second kappa shape index (κ2) is 2.80. The van der Waals surface area contributed by atoms with Crippen LogP contribution >= 0.6 is 0 Å². The molecule has 0 aromatic carbocycles. The molecule has 0 aromatic rings. The van der Waals surface area contributed by atoms with E-state index in [9.17, 15) is 9.90 Å². The number of Topliss-reactive ketones (excluding diaryl/α,β-unsaturated/α-hetero) is 1. The van der Waals surface area contributed by atoms with Crippen LogP contribution in [0.3, 0.4) is 0 Å². The summed E-state index contributed by atoms with van der Waals surface area (Å²) < 4.78 is 0. The van der Waals surface area contributed by atoms with Gasteiger partial charge in [0.15, 0.2) is 0 Å². The summed E-state index contributed by atoms with van der Waals surface area (Å²) in [4.78, 5) is 11.9. The summed E-state index contributed by atoms with van der Waals surface area (Å²) in [5.41, 5.74) is -0.807. The fourth-order valence-corrected chi connectivity index (χ4v) is 3.65. The summed E-state index contributed by atoms with van der Waals surface area (Å²) in [7, 11) is 0. The van der Waals surface area contributed by atoms with Crippen LogP contribution in [0, 0.1) is 16.7 Å². The monoisotopic (exact) mass is 198 g/mol. The SMILES string of the molecule is CC1(C)[C@@H]2CC[C@@]1(C(O)CO)C(=O)C2. The average Bonchev–Trinajstić information content (AvgIpc) is 2.49. The molecule has 0 aliphatic heterocycles. The summed E-state index contributed by atoms with van der Waals surface area (Å²) in [6.07, 6.45) is 1.46. The van der Waals surface area contributed by atoms with Gasteiger partial charge in [0.1, 0.15) is 5.78 Å². The molecule has 3 nitrogen and oxygen atoms in total. The fraction of sp³-hybridized carbons (Fsp3) is 0.909. The molecule has 2 bridgehead atoms. The third-order valence-electron chi connectivity index (χ3n) is 4.73. The van der Waals surface area contributed by atoms with Crippen molar-refractivity contribution in [1.29, 1.82) is 0 Å². The molecule has 0 radical (unpaired) electrons. The lowest BCUT2D eigenvalue weighted by Gasteiger charge is -2.39. The van der Waals surface area contributed by atoms with E-state index in [2.05, 4.69) is 13.8 Å². The van der Waals surface area contributed by atoms with Crippen LogP contribution in [0.4, 0.5) is 0 Å². The number of hydrogen-bond acceptors (Lipinski definition) is 3. The molecule has 80 valence electrons. The topological polar surface area (TPSA) is 57.5 Å². The van der Waals surface area contributed by atoms with Crippen LogP contribution in [-0.2, 0) is 4.79 Å². The van der Waals surface area contributed by atoms with Gasteiger partial charge < -0.3 is 10.2 Å². The fourth-order valence-electron chi connectivity index (χ4n) is 3.65. The number of aliphatic hydroxyl groups is 2. The van der Waals surface area contributed by atoms with Crippen molar-refractivity contribution in [2.45, 2.75) is 39.2 Å². The first kappa shape index (κ1) is 10.1. The second-order valence-corrected chi connectivity index (χ2v) is 5.25. The molecule has 2 saturated carbocycles. The molecule has 14 heavy (non-hydrogen) atoms. The van der Waals surface area contributed by atoms with Crippen molar-refractivity contribution in [3.05, 3.63) is 0 Å². The van der Waals surface area contributed by atoms with Gasteiger partial charge in [-0.3, -0.25) is 4.79 Å². The lowest BCUT2D eigenvalue weighted by atomic mass is 9.65. The molecule has 2 rings (SSSR count). The molecular formula is C11H18O3. The summed E-state index contributed by atoms with van der Waals surface area (Å²) in [6, 6.07) is 0. The Labute approximate surface area is 84.1 Å². The molecule has 0 heterocycles. The maximum atomic E-state index is 11.9. The van der Waals surface area contributed by atoms with Crippen LogP contribution in [0.1, 0.15) is 33.1 Å². The van der Waals surface area contributed by atoms with Gasteiger partial charge in [0.25, 0.3) is 0 Å². The summed E-state index contributed by atoms with van der Waals surface area (Å²) in [6.45, 7) is 3.80. The highest BCUT2D eigenvalue weighted by Gasteiger charge is 2.66. The van der Waals surface area contributed by atoms with E-state index in [0.717, 1.165) is 12.8 Å². The number of ketones is 1. The van der Waals surface area contributed by atoms with E-state index < -0.39 is 11.5 Å². The summed E-state index contributed by atoms with van der Waals surface area (Å²) in [5.74, 6) is 0.552. The molecule has 2 aliphatic rings. The van der Waals surface area contributed by atoms with Crippen molar-refractivity contribution in [1.82, 2.24) is 0 Å². The van der Waals surface area contributed by atoms with Gasteiger partial charge >= 0.3 is 0 Å². The van der Waals surface area contributed by atoms with Crippen LogP contribution < -0.4 is 0 Å². The largest absolute Gasteiger partial charge is 0.394 e. The number of fused-ring (bicyclic) bond motifs is 2. The Morgan fingerprint density at radius 2 is 2.21 bits per heavy atom. The summed E-state index contributed by atoms with van der Waals surface area (Å²) in [5, 5.41) is 18.9. The highest BCUT2D eigenvalue weighted by atomic mass is 16.3. The van der Waals surface area contributed by atoms with Gasteiger partial charge in [-0.05, 0) is 24.2 Å². The Balaban J connectivity index is 2.44. The minimum atomic E-state index is -0.877. The molecule has 0 spiro atoms. The average molecular weight is 198 g/mol. The predicted octanol–water partition coefficient (Wildman–Crippen LogP) is 0.735. The molecule has 1 unspecified atom stereocenters. The van der Waals surface area contributed by atoms with Gasteiger partial charge in [-0.2, -0.15) is 0 Å². The summed E-state index contributed by atoms with van der Waals surface area (Å²) >= 11 is 0. The Morgan fingerprint density at radius 3 is 2.57 bits per heavy atom. The van der Waals surface area contributed by atoms with E-state index in [4.69, 9.17) is 5.11 Å². The first-order valence-electron chi connectivity index (χ1n) is 5.29. The van der Waals surface area contributed by atoms with Crippen LogP contribution in [0.2, 0.25) is 0 Å². The zero-order valence-electron chi connectivity index (χ0n) is 8.79. The van der Waals surface area contributed by atoms with E-state index in [0.29, 0.717) is 12.3 Å². The van der Waals surface area contributed by atoms with Crippen molar-refractivity contribution in [3.8, 4) is 0 Å². The van der Waals surface area contributed by atoms with E-state index in [-0.39, 0.29) is 17.8 Å². The maximum Gasteiger partial charge on any atom is 0.142 e. The zero-order valence-corrected chi connectivity index (χ0v) is 8.79. The van der Waals surface area contributed by atoms with Crippen molar-refractivity contribution in [2.75, 3.05) is 6.61 Å². The molecule has 0 amide bonds. The molecular weight excluding hydrogens is 180 g/mol. The van der Waals surface area contributed by atoms with Gasteiger partial charge in [0.05, 0.1) is 18.1 Å². The van der Waals surface area contributed by atoms with Gasteiger partial charge in [0.2, 0.25) is 0 Å². The molecule has 2 aliphatic carbocycles. The van der Waals surface area contributed by atoms with Crippen LogP contribution in [0.15, 0.2) is 0 Å². The Kier molecular flexibility index (Phi) is 2.02. The quantitative estimate of drug-likeness (QED) is 0.688. The van der Waals surface area contributed by atoms with E-state index in [1.165, 1.54) is 0 Å². The zero-order chi connectivity index (χ0) is 10.6. The number of aliphatic hydroxyl groups excluding tert-OH is 2. The molecule has 0 saturated heterocycles. The minimum Gasteiger partial charge on any atom is -0.394 e. The number of carbonyl (C=O) groups is 1. The number of hydrogen-bond donors (Lipinski definition) is 2. The van der Waals surface area contributed by atoms with Gasteiger partial charge in [-0.25, -0.2) is 0 Å². The lowest BCUT2D eigenvalue weighted by Crippen LogP contribution is -2.48. The van der Waals surface area contributed by atoms with Crippen LogP contribution in [0.25, 0.3) is 0 Å². The third-order valence-corrected chi connectivity index (χ3v) is 4.73. The molecule has 2 fully saturated rings. The normalized spacial score (nSPS) is 41.7. The van der Waals surface area contributed by atoms with E-state index >= 15 is 0 Å². The number of rotatable bonds is 2. The lowest BCUT2D eigenvalue weighted by molar-refractivity contribution is -0.141. The van der Waals surface area contributed by atoms with Crippen molar-refractivity contribution >= 4 is 5.78 Å². The van der Waals surface area contributed by atoms with Gasteiger partial charge in [-0.15, -0.1) is 0 Å². The minimum absolute atomic E-state index is 0.147. The van der Waals surface area contributed by atoms with Gasteiger partial charge in [-0.1, -0.05) is 13.8 Å². The van der Waals surface area contributed by atoms with E-state index in [1.807, 2.05) is 0 Å².